The van der Waals surface area contributed by atoms with E-state index < -0.39 is 11.8 Å². The van der Waals surface area contributed by atoms with Crippen LogP contribution in [-0.2, 0) is 19.1 Å². The van der Waals surface area contributed by atoms with E-state index in [0.29, 0.717) is 24.3 Å². The maximum absolute atomic E-state index is 12.5. The Morgan fingerprint density at radius 3 is 2.22 bits per heavy atom. The molecule has 1 aromatic carbocycles. The van der Waals surface area contributed by atoms with Gasteiger partial charge in [0.2, 0.25) is 5.91 Å². The molecule has 2 rings (SSSR count). The van der Waals surface area contributed by atoms with Crippen molar-refractivity contribution in [2.75, 3.05) is 40.0 Å². The molecule has 146 valence electrons. The molecule has 8 heteroatoms. The second kappa shape index (κ2) is 9.82. The summed E-state index contributed by atoms with van der Waals surface area (Å²) < 4.78 is 9.88. The quantitative estimate of drug-likeness (QED) is 0.448. The number of carbonyl (C=O) groups excluding carboxylic acids is 4. The third-order valence-corrected chi connectivity index (χ3v) is 4.24. The molecule has 0 unspecified atom stereocenters. The maximum atomic E-state index is 12.5. The fourth-order valence-corrected chi connectivity index (χ4v) is 2.83. The number of methoxy groups -OCH3 is 1. The summed E-state index contributed by atoms with van der Waals surface area (Å²) in [7, 11) is 1.52. The minimum Gasteiger partial charge on any atom is -0.466 e. The largest absolute Gasteiger partial charge is 0.466 e. The fraction of sp³-hybridized carbons (Fsp3) is 0.474. The highest BCUT2D eigenvalue weighted by atomic mass is 16.5. The predicted molar refractivity (Wildman–Crippen MR) is 96.1 cm³/mol. The summed E-state index contributed by atoms with van der Waals surface area (Å²) in [6.07, 6.45) is 0.0638. The molecule has 0 fully saturated rings. The van der Waals surface area contributed by atoms with E-state index in [1.54, 1.807) is 31.2 Å². The van der Waals surface area contributed by atoms with Gasteiger partial charge in [-0.2, -0.15) is 0 Å². The molecule has 8 nitrogen and oxygen atoms in total. The molecule has 1 heterocycles. The molecule has 0 saturated carbocycles. The molecule has 0 N–H and O–H groups in total. The van der Waals surface area contributed by atoms with Crippen LogP contribution >= 0.6 is 0 Å². The van der Waals surface area contributed by atoms with Gasteiger partial charge in [-0.25, -0.2) is 0 Å². The molecule has 0 aliphatic carbocycles. The first-order valence-corrected chi connectivity index (χ1v) is 8.87. The van der Waals surface area contributed by atoms with E-state index in [0.717, 1.165) is 4.90 Å². The van der Waals surface area contributed by atoms with E-state index in [1.165, 1.54) is 12.0 Å². The summed E-state index contributed by atoms with van der Waals surface area (Å²) in [6.45, 7) is 2.83. The molecule has 1 aliphatic heterocycles. The van der Waals surface area contributed by atoms with Crippen LogP contribution in [0.4, 0.5) is 0 Å². The van der Waals surface area contributed by atoms with E-state index >= 15 is 0 Å². The summed E-state index contributed by atoms with van der Waals surface area (Å²) in [5, 5.41) is 0. The maximum Gasteiger partial charge on any atom is 0.307 e. The second-order valence-electron chi connectivity index (χ2n) is 5.99. The molecule has 0 spiro atoms. The van der Waals surface area contributed by atoms with Crippen LogP contribution in [0.3, 0.4) is 0 Å². The first-order chi connectivity index (χ1) is 13.0. The minimum absolute atomic E-state index is 0.00588. The lowest BCUT2D eigenvalue weighted by Crippen LogP contribution is -2.39. The number of fused-ring (bicyclic) bond motifs is 1. The zero-order valence-electron chi connectivity index (χ0n) is 15.6. The molecule has 0 bridgehead atoms. The van der Waals surface area contributed by atoms with Crippen LogP contribution in [0.5, 0.6) is 0 Å². The van der Waals surface area contributed by atoms with Crippen molar-refractivity contribution >= 4 is 23.7 Å². The lowest BCUT2D eigenvalue weighted by molar-refractivity contribution is -0.144. The van der Waals surface area contributed by atoms with E-state index in [2.05, 4.69) is 0 Å². The number of benzene rings is 1. The third kappa shape index (κ3) is 5.13. The average Bonchev–Trinajstić information content (AvgIpc) is 2.91. The van der Waals surface area contributed by atoms with Crippen LogP contribution in [0, 0.1) is 0 Å². The monoisotopic (exact) mass is 376 g/mol. The smallest absolute Gasteiger partial charge is 0.307 e. The van der Waals surface area contributed by atoms with Gasteiger partial charge >= 0.3 is 5.97 Å². The molecule has 27 heavy (non-hydrogen) atoms. The van der Waals surface area contributed by atoms with Crippen LogP contribution in [0.25, 0.3) is 0 Å². The normalized spacial score (nSPS) is 12.9. The number of amides is 3. The fourth-order valence-electron chi connectivity index (χ4n) is 2.83. The average molecular weight is 376 g/mol. The summed E-state index contributed by atoms with van der Waals surface area (Å²) >= 11 is 0. The summed E-state index contributed by atoms with van der Waals surface area (Å²) in [6, 6.07) is 6.59. The van der Waals surface area contributed by atoms with Crippen LogP contribution in [0.1, 0.15) is 40.5 Å². The summed E-state index contributed by atoms with van der Waals surface area (Å²) in [4.78, 5) is 51.3. The van der Waals surface area contributed by atoms with Gasteiger partial charge in [0.25, 0.3) is 11.8 Å². The number of esters is 1. The Morgan fingerprint density at radius 2 is 1.67 bits per heavy atom. The summed E-state index contributed by atoms with van der Waals surface area (Å²) in [5.41, 5.74) is 0.710. The zero-order chi connectivity index (χ0) is 19.8. The van der Waals surface area contributed by atoms with Gasteiger partial charge in [-0.05, 0) is 19.1 Å². The van der Waals surface area contributed by atoms with Crippen molar-refractivity contribution in [3.63, 3.8) is 0 Å². The van der Waals surface area contributed by atoms with Crippen molar-refractivity contribution in [1.29, 1.82) is 0 Å². The minimum atomic E-state index is -0.390. The number of nitrogens with zero attached hydrogens (tertiary/aromatic N) is 2. The van der Waals surface area contributed by atoms with Crippen molar-refractivity contribution < 1.29 is 28.7 Å². The molecule has 0 saturated heterocycles. The van der Waals surface area contributed by atoms with Crippen LogP contribution < -0.4 is 0 Å². The van der Waals surface area contributed by atoms with Gasteiger partial charge < -0.3 is 14.4 Å². The Kier molecular flexibility index (Phi) is 7.48. The molecule has 3 amide bonds. The standard InChI is InChI=1S/C19H24N2O6/c1-3-27-17(23)9-10-20(12-13-26-2)16(22)8-11-21-18(24)14-6-4-5-7-15(14)19(21)25/h4-7H,3,8-13H2,1-2H3. The third-order valence-electron chi connectivity index (χ3n) is 4.24. The topological polar surface area (TPSA) is 93.2 Å². The molecule has 1 aliphatic rings. The Balaban J connectivity index is 1.94. The van der Waals surface area contributed by atoms with Crippen LogP contribution in [0.15, 0.2) is 24.3 Å². The van der Waals surface area contributed by atoms with Crippen molar-refractivity contribution in [2.24, 2.45) is 0 Å². The molecule has 0 radical (unpaired) electrons. The Morgan fingerprint density at radius 1 is 1.04 bits per heavy atom. The first kappa shape index (κ1) is 20.6. The molecular weight excluding hydrogens is 352 g/mol. The molecular formula is C19H24N2O6. The number of ether oxygens (including phenoxy) is 2. The lowest BCUT2D eigenvalue weighted by Gasteiger charge is -2.23. The van der Waals surface area contributed by atoms with Gasteiger partial charge in [0, 0.05) is 33.2 Å². The van der Waals surface area contributed by atoms with E-state index in [9.17, 15) is 19.2 Å². The van der Waals surface area contributed by atoms with Crippen molar-refractivity contribution in [2.45, 2.75) is 19.8 Å². The Labute approximate surface area is 158 Å². The molecule has 0 atom stereocenters. The van der Waals surface area contributed by atoms with Gasteiger partial charge in [0.05, 0.1) is 30.8 Å². The molecule has 1 aromatic rings. The van der Waals surface area contributed by atoms with Gasteiger partial charge in [-0.3, -0.25) is 24.1 Å². The first-order valence-electron chi connectivity index (χ1n) is 8.87. The highest BCUT2D eigenvalue weighted by Crippen LogP contribution is 2.22. The molecule has 0 aromatic heterocycles. The van der Waals surface area contributed by atoms with Crippen molar-refractivity contribution in [3.8, 4) is 0 Å². The van der Waals surface area contributed by atoms with Crippen molar-refractivity contribution in [3.05, 3.63) is 35.4 Å². The van der Waals surface area contributed by atoms with Crippen LogP contribution in [-0.4, -0.2) is 73.4 Å². The van der Waals surface area contributed by atoms with Gasteiger partial charge in [-0.15, -0.1) is 0 Å². The number of hydrogen-bond donors (Lipinski definition) is 0. The summed E-state index contributed by atoms with van der Waals surface area (Å²) in [5.74, 6) is -1.42. The number of carbonyl (C=O) groups is 4. The Hall–Kier alpha value is -2.74. The second-order valence-corrected chi connectivity index (χ2v) is 5.99. The predicted octanol–water partition coefficient (Wildman–Crippen LogP) is 1.10. The van der Waals surface area contributed by atoms with Crippen molar-refractivity contribution in [1.82, 2.24) is 9.80 Å². The van der Waals surface area contributed by atoms with Crippen LogP contribution in [0.2, 0.25) is 0 Å². The number of hydrogen-bond acceptors (Lipinski definition) is 6. The van der Waals surface area contributed by atoms with E-state index in [4.69, 9.17) is 9.47 Å². The Bertz CT molecular complexity index is 683. The van der Waals surface area contributed by atoms with Gasteiger partial charge in [-0.1, -0.05) is 12.1 Å². The van der Waals surface area contributed by atoms with Gasteiger partial charge in [0.15, 0.2) is 0 Å². The van der Waals surface area contributed by atoms with E-state index in [-0.39, 0.29) is 44.4 Å². The van der Waals surface area contributed by atoms with E-state index in [1.807, 2.05) is 0 Å². The highest BCUT2D eigenvalue weighted by Gasteiger charge is 2.35. The highest BCUT2D eigenvalue weighted by molar-refractivity contribution is 6.21. The number of imide groups is 1. The zero-order valence-corrected chi connectivity index (χ0v) is 15.6. The number of rotatable bonds is 10. The lowest BCUT2D eigenvalue weighted by atomic mass is 10.1. The SMILES string of the molecule is CCOC(=O)CCN(CCOC)C(=O)CCN1C(=O)c2ccccc2C1=O. The van der Waals surface area contributed by atoms with Gasteiger partial charge in [0.1, 0.15) is 0 Å².